The zero-order valence-corrected chi connectivity index (χ0v) is 16.0. The number of nitrogens with one attached hydrogen (secondary N) is 2. The number of carbonyl (C=O) groups is 1. The van der Waals surface area contributed by atoms with Crippen LogP contribution in [0.5, 0.6) is 0 Å². The predicted octanol–water partition coefficient (Wildman–Crippen LogP) is 4.00. The van der Waals surface area contributed by atoms with E-state index in [1.807, 2.05) is 23.1 Å². The number of nitrogens with zero attached hydrogens (tertiary/aromatic N) is 1. The lowest BCUT2D eigenvalue weighted by Crippen LogP contribution is -2.42. The third-order valence-corrected chi connectivity index (χ3v) is 5.46. The number of aliphatic hydroxyl groups is 1. The van der Waals surface area contributed by atoms with Gasteiger partial charge in [0.25, 0.3) is 0 Å². The van der Waals surface area contributed by atoms with Gasteiger partial charge in [-0.3, -0.25) is 9.69 Å². The summed E-state index contributed by atoms with van der Waals surface area (Å²) in [5, 5.41) is 15.3. The van der Waals surface area contributed by atoms with Crippen molar-refractivity contribution >= 4 is 45.7 Å². The molecule has 1 unspecified atom stereocenters. The van der Waals surface area contributed by atoms with E-state index < -0.39 is 0 Å². The maximum absolute atomic E-state index is 12.5. The number of hydrogen-bond acceptors (Lipinski definition) is 3. The van der Waals surface area contributed by atoms with Crippen LogP contribution in [0.2, 0.25) is 10.0 Å². The molecule has 140 valence electrons. The maximum Gasteiger partial charge on any atom is 0.238 e. The largest absolute Gasteiger partial charge is 0.394 e. The van der Waals surface area contributed by atoms with Gasteiger partial charge in [0.1, 0.15) is 0 Å². The van der Waals surface area contributed by atoms with Gasteiger partial charge in [0, 0.05) is 38.9 Å². The fourth-order valence-corrected chi connectivity index (χ4v) is 4.00. The number of fused-ring (bicyclic) bond motifs is 3. The molecule has 0 bridgehead atoms. The van der Waals surface area contributed by atoms with E-state index in [0.29, 0.717) is 22.3 Å². The topological polar surface area (TPSA) is 68.4 Å². The highest BCUT2D eigenvalue weighted by atomic mass is 35.5. The number of rotatable bonds is 4. The van der Waals surface area contributed by atoms with Gasteiger partial charge in [-0.15, -0.1) is 0 Å². The monoisotopic (exact) mass is 403 g/mol. The third-order valence-electron chi connectivity index (χ3n) is 4.97. The number of aromatic amines is 1. The first-order valence-corrected chi connectivity index (χ1v) is 9.51. The predicted molar refractivity (Wildman–Crippen MR) is 108 cm³/mol. The number of H-pyrrole nitrogens is 1. The fourth-order valence-electron chi connectivity index (χ4n) is 3.70. The molecule has 3 aromatic rings. The Hall–Kier alpha value is -2.05. The first kappa shape index (κ1) is 18.3. The van der Waals surface area contributed by atoms with Crippen molar-refractivity contribution in [3.05, 3.63) is 63.8 Å². The molecule has 0 fully saturated rings. The van der Waals surface area contributed by atoms with Crippen LogP contribution in [0.25, 0.3) is 10.9 Å². The minimum Gasteiger partial charge on any atom is -0.394 e. The van der Waals surface area contributed by atoms with Crippen LogP contribution in [0.4, 0.5) is 5.69 Å². The van der Waals surface area contributed by atoms with E-state index in [-0.39, 0.29) is 25.1 Å². The molecule has 5 nitrogen and oxygen atoms in total. The van der Waals surface area contributed by atoms with Crippen LogP contribution in [0.1, 0.15) is 17.3 Å². The van der Waals surface area contributed by atoms with Crippen LogP contribution < -0.4 is 5.32 Å². The van der Waals surface area contributed by atoms with E-state index in [4.69, 9.17) is 23.2 Å². The highest BCUT2D eigenvalue weighted by molar-refractivity contribution is 6.31. The number of halogens is 2. The minimum atomic E-state index is -0.254. The van der Waals surface area contributed by atoms with Crippen molar-refractivity contribution in [1.82, 2.24) is 9.88 Å². The van der Waals surface area contributed by atoms with Gasteiger partial charge in [-0.05, 0) is 54.4 Å². The first-order valence-electron chi connectivity index (χ1n) is 8.75. The lowest BCUT2D eigenvalue weighted by Gasteiger charge is -2.34. The van der Waals surface area contributed by atoms with Crippen LogP contribution in [-0.4, -0.2) is 40.6 Å². The van der Waals surface area contributed by atoms with E-state index in [9.17, 15) is 9.90 Å². The SMILES string of the molecule is O=C(CN1CCc2c([nH]c3ccc(Cl)cc23)C1CO)Nc1ccc(Cl)cc1. The normalized spacial score (nSPS) is 17.1. The summed E-state index contributed by atoms with van der Waals surface area (Å²) in [7, 11) is 0. The van der Waals surface area contributed by atoms with Crippen molar-refractivity contribution < 1.29 is 9.90 Å². The molecular formula is C20H19Cl2N3O2. The summed E-state index contributed by atoms with van der Waals surface area (Å²) in [5.41, 5.74) is 3.82. The Labute approximate surface area is 166 Å². The summed E-state index contributed by atoms with van der Waals surface area (Å²) in [5.74, 6) is -0.127. The molecule has 0 aliphatic carbocycles. The zero-order chi connectivity index (χ0) is 19.0. The lowest BCUT2D eigenvalue weighted by atomic mass is 9.97. The summed E-state index contributed by atoms with van der Waals surface area (Å²) >= 11 is 12.0. The second kappa shape index (κ2) is 7.52. The molecule has 0 spiro atoms. The molecule has 1 aliphatic heterocycles. The number of aliphatic hydroxyl groups excluding tert-OH is 1. The van der Waals surface area contributed by atoms with Gasteiger partial charge in [0.15, 0.2) is 0 Å². The van der Waals surface area contributed by atoms with Gasteiger partial charge in [0.2, 0.25) is 5.91 Å². The molecule has 0 radical (unpaired) electrons. The van der Waals surface area contributed by atoms with Gasteiger partial charge >= 0.3 is 0 Å². The summed E-state index contributed by atoms with van der Waals surface area (Å²) < 4.78 is 0. The van der Waals surface area contributed by atoms with Gasteiger partial charge in [-0.2, -0.15) is 0 Å². The Bertz CT molecular complexity index is 985. The number of anilines is 1. The molecule has 0 saturated heterocycles. The lowest BCUT2D eigenvalue weighted by molar-refractivity contribution is -0.118. The number of aromatic nitrogens is 1. The third kappa shape index (κ3) is 3.69. The van der Waals surface area contributed by atoms with Crippen LogP contribution in [0.15, 0.2) is 42.5 Å². The number of carbonyl (C=O) groups excluding carboxylic acids is 1. The first-order chi connectivity index (χ1) is 13.0. The Kier molecular flexibility index (Phi) is 5.10. The summed E-state index contributed by atoms with van der Waals surface area (Å²) in [6.45, 7) is 0.816. The van der Waals surface area contributed by atoms with E-state index in [0.717, 1.165) is 23.0 Å². The fraction of sp³-hybridized carbons (Fsp3) is 0.250. The Morgan fingerprint density at radius 1 is 1.19 bits per heavy atom. The van der Waals surface area contributed by atoms with Gasteiger partial charge in [-0.1, -0.05) is 23.2 Å². The number of benzene rings is 2. The van der Waals surface area contributed by atoms with E-state index in [1.54, 1.807) is 24.3 Å². The molecule has 1 aliphatic rings. The van der Waals surface area contributed by atoms with Gasteiger partial charge in [-0.25, -0.2) is 0 Å². The quantitative estimate of drug-likeness (QED) is 0.616. The van der Waals surface area contributed by atoms with E-state index in [2.05, 4.69) is 10.3 Å². The summed E-state index contributed by atoms with van der Waals surface area (Å²) in [6.07, 6.45) is 0.792. The maximum atomic E-state index is 12.5. The summed E-state index contributed by atoms with van der Waals surface area (Å²) in [6, 6.07) is 12.5. The standard InChI is InChI=1S/C20H19Cl2N3O2/c21-12-1-4-14(5-2-12)23-19(27)10-25-8-7-15-16-9-13(22)3-6-17(16)24-20(15)18(25)11-26/h1-6,9,18,24,26H,7-8,10-11H2,(H,23,27). The molecule has 0 saturated carbocycles. The molecule has 2 aromatic carbocycles. The second-order valence-electron chi connectivity index (χ2n) is 6.68. The number of amides is 1. The smallest absolute Gasteiger partial charge is 0.238 e. The molecule has 1 amide bonds. The highest BCUT2D eigenvalue weighted by Gasteiger charge is 2.31. The summed E-state index contributed by atoms with van der Waals surface area (Å²) in [4.78, 5) is 17.8. The molecule has 3 N–H and O–H groups in total. The van der Waals surface area contributed by atoms with Crippen LogP contribution in [-0.2, 0) is 11.2 Å². The van der Waals surface area contributed by atoms with Crippen molar-refractivity contribution in [3.63, 3.8) is 0 Å². The molecule has 2 heterocycles. The van der Waals surface area contributed by atoms with Crippen LogP contribution in [0.3, 0.4) is 0 Å². The zero-order valence-electron chi connectivity index (χ0n) is 14.5. The average Bonchev–Trinajstić information content (AvgIpc) is 3.01. The van der Waals surface area contributed by atoms with Gasteiger partial charge in [0.05, 0.1) is 19.2 Å². The second-order valence-corrected chi connectivity index (χ2v) is 7.55. The van der Waals surface area contributed by atoms with Crippen molar-refractivity contribution in [1.29, 1.82) is 0 Å². The Balaban J connectivity index is 1.53. The molecule has 27 heavy (non-hydrogen) atoms. The van der Waals surface area contributed by atoms with E-state index >= 15 is 0 Å². The van der Waals surface area contributed by atoms with Gasteiger partial charge < -0.3 is 15.4 Å². The van der Waals surface area contributed by atoms with Crippen LogP contribution >= 0.6 is 23.2 Å². The van der Waals surface area contributed by atoms with Crippen molar-refractivity contribution in [2.75, 3.05) is 25.0 Å². The van der Waals surface area contributed by atoms with Crippen molar-refractivity contribution in [2.45, 2.75) is 12.5 Å². The molecule has 4 rings (SSSR count). The molecule has 1 atom stereocenters. The average molecular weight is 404 g/mol. The molecule has 7 heteroatoms. The highest BCUT2D eigenvalue weighted by Crippen LogP contribution is 2.35. The van der Waals surface area contributed by atoms with Crippen molar-refractivity contribution in [3.8, 4) is 0 Å². The van der Waals surface area contributed by atoms with E-state index in [1.165, 1.54) is 5.56 Å². The Morgan fingerprint density at radius 2 is 1.93 bits per heavy atom. The van der Waals surface area contributed by atoms with Crippen LogP contribution in [0, 0.1) is 0 Å². The van der Waals surface area contributed by atoms with Crippen molar-refractivity contribution in [2.24, 2.45) is 0 Å². The molecule has 1 aromatic heterocycles. The number of hydrogen-bond donors (Lipinski definition) is 3. The molecular weight excluding hydrogens is 385 g/mol. The Morgan fingerprint density at radius 3 is 2.67 bits per heavy atom. The minimum absolute atomic E-state index is 0.0677.